The van der Waals surface area contributed by atoms with Crippen molar-refractivity contribution in [2.75, 3.05) is 26.3 Å². The first kappa shape index (κ1) is 17.2. The van der Waals surface area contributed by atoms with Crippen molar-refractivity contribution >= 4 is 0 Å². The van der Waals surface area contributed by atoms with Gasteiger partial charge in [-0.2, -0.15) is 0 Å². The van der Waals surface area contributed by atoms with Crippen molar-refractivity contribution in [1.82, 2.24) is 5.32 Å². The van der Waals surface area contributed by atoms with Crippen LogP contribution in [0.2, 0.25) is 0 Å². The predicted octanol–water partition coefficient (Wildman–Crippen LogP) is 3.27. The summed E-state index contributed by atoms with van der Waals surface area (Å²) in [5.74, 6) is 0. The van der Waals surface area contributed by atoms with Gasteiger partial charge in [0.25, 0.3) is 0 Å². The number of hydrogen-bond acceptors (Lipinski definition) is 3. The number of aryl methyl sites for hydroxylation is 2. The van der Waals surface area contributed by atoms with Gasteiger partial charge in [0.05, 0.1) is 25.4 Å². The Labute approximate surface area is 145 Å². The van der Waals surface area contributed by atoms with E-state index in [0.29, 0.717) is 12.2 Å². The maximum Gasteiger partial charge on any atom is 0.0933 e. The minimum Gasteiger partial charge on any atom is -0.372 e. The second-order valence-electron chi connectivity index (χ2n) is 6.60. The zero-order valence-corrected chi connectivity index (χ0v) is 14.6. The third kappa shape index (κ3) is 5.75. The minimum absolute atomic E-state index is 0.503. The summed E-state index contributed by atoms with van der Waals surface area (Å²) in [5.41, 5.74) is 5.60. The molecule has 0 amide bonds. The van der Waals surface area contributed by atoms with Gasteiger partial charge in [0.2, 0.25) is 0 Å². The Hall–Kier alpha value is -1.68. The molecule has 2 aliphatic rings. The summed E-state index contributed by atoms with van der Waals surface area (Å²) in [7, 11) is 0. The monoisotopic (exact) mass is 325 g/mol. The average Bonchev–Trinajstić information content (AvgIpc) is 3.48. The number of nitrogens with one attached hydrogen (secondary N) is 1. The highest BCUT2D eigenvalue weighted by Gasteiger charge is 2.25. The topological polar surface area (TPSA) is 37.1 Å². The summed E-state index contributed by atoms with van der Waals surface area (Å²) in [4.78, 5) is 0. The Balaban J connectivity index is 0.000000159. The van der Waals surface area contributed by atoms with E-state index in [4.69, 9.17) is 9.47 Å². The molecule has 128 valence electrons. The second-order valence-corrected chi connectivity index (χ2v) is 6.60. The molecule has 24 heavy (non-hydrogen) atoms. The molecule has 3 heteroatoms. The van der Waals surface area contributed by atoms with E-state index < -0.39 is 0 Å². The number of hydrogen-bond donors (Lipinski definition) is 1. The number of rotatable bonds is 6. The summed E-state index contributed by atoms with van der Waals surface area (Å²) in [5, 5.41) is 3.26. The lowest BCUT2D eigenvalue weighted by Crippen LogP contribution is -2.24. The van der Waals surface area contributed by atoms with Crippen LogP contribution in [0.3, 0.4) is 0 Å². The van der Waals surface area contributed by atoms with E-state index in [1.54, 1.807) is 0 Å². The molecule has 4 rings (SSSR count). The molecule has 0 spiro atoms. The van der Waals surface area contributed by atoms with Gasteiger partial charge in [0, 0.05) is 13.1 Å². The molecule has 2 atom stereocenters. The van der Waals surface area contributed by atoms with E-state index in [0.717, 1.165) is 32.7 Å². The third-order valence-electron chi connectivity index (χ3n) is 4.45. The van der Waals surface area contributed by atoms with Crippen LogP contribution in [0, 0.1) is 13.8 Å². The van der Waals surface area contributed by atoms with Gasteiger partial charge in [0.1, 0.15) is 0 Å². The van der Waals surface area contributed by atoms with Crippen LogP contribution < -0.4 is 5.32 Å². The van der Waals surface area contributed by atoms with E-state index in [1.807, 2.05) is 0 Å². The van der Waals surface area contributed by atoms with Crippen molar-refractivity contribution < 1.29 is 9.47 Å². The van der Waals surface area contributed by atoms with Gasteiger partial charge in [-0.25, -0.2) is 0 Å². The molecule has 0 aliphatic carbocycles. The highest BCUT2D eigenvalue weighted by molar-refractivity contribution is 5.35. The summed E-state index contributed by atoms with van der Waals surface area (Å²) in [6.45, 7) is 8.23. The minimum atomic E-state index is 0.503. The van der Waals surface area contributed by atoms with Gasteiger partial charge >= 0.3 is 0 Å². The molecule has 1 N–H and O–H groups in total. The molecule has 3 nitrogen and oxygen atoms in total. The molecule has 2 unspecified atom stereocenters. The molecule has 2 aromatic rings. The number of epoxide rings is 2. The zero-order valence-electron chi connectivity index (χ0n) is 14.6. The van der Waals surface area contributed by atoms with Crippen LogP contribution in [0.4, 0.5) is 0 Å². The second kappa shape index (κ2) is 8.43. The smallest absolute Gasteiger partial charge is 0.0933 e. The fraction of sp³-hybridized carbons (Fsp3) is 0.429. The van der Waals surface area contributed by atoms with Gasteiger partial charge in [0.15, 0.2) is 0 Å². The molecule has 2 saturated heterocycles. The largest absolute Gasteiger partial charge is 0.372 e. The standard InChI is InChI=1S/C15H16.C6H11NO2/c1-12-7-3-5-9-14(12)11-15-10-6-4-8-13(15)2;1(5-3-8-5)7-2-6-4-9-6/h3-10H,11H2,1-2H3;5-7H,1-4H2. The Morgan fingerprint density at radius 3 is 1.58 bits per heavy atom. The molecular weight excluding hydrogens is 298 g/mol. The summed E-state index contributed by atoms with van der Waals surface area (Å²) in [6.07, 6.45) is 2.05. The van der Waals surface area contributed by atoms with E-state index in [9.17, 15) is 0 Å². The maximum atomic E-state index is 5.01. The lowest BCUT2D eigenvalue weighted by atomic mass is 9.98. The lowest BCUT2D eigenvalue weighted by molar-refractivity contribution is 0.373. The van der Waals surface area contributed by atoms with E-state index >= 15 is 0 Å². The third-order valence-corrected chi connectivity index (χ3v) is 4.45. The van der Waals surface area contributed by atoms with Crippen LogP contribution in [-0.4, -0.2) is 38.5 Å². The Kier molecular flexibility index (Phi) is 6.02. The highest BCUT2D eigenvalue weighted by Crippen LogP contribution is 2.16. The van der Waals surface area contributed by atoms with Crippen LogP contribution >= 0.6 is 0 Å². The first-order valence-electron chi connectivity index (χ1n) is 8.75. The summed E-state index contributed by atoms with van der Waals surface area (Å²) >= 11 is 0. The molecular formula is C21H27NO2. The molecule has 2 aliphatic heterocycles. The van der Waals surface area contributed by atoms with Crippen LogP contribution in [0.1, 0.15) is 22.3 Å². The molecule has 0 aromatic heterocycles. The van der Waals surface area contributed by atoms with Crippen molar-refractivity contribution in [2.45, 2.75) is 32.5 Å². The van der Waals surface area contributed by atoms with Gasteiger partial charge in [-0.3, -0.25) is 0 Å². The van der Waals surface area contributed by atoms with Crippen LogP contribution in [0.25, 0.3) is 0 Å². The molecule has 2 aromatic carbocycles. The first-order chi connectivity index (χ1) is 11.7. The van der Waals surface area contributed by atoms with Crippen LogP contribution in [0.5, 0.6) is 0 Å². The highest BCUT2D eigenvalue weighted by atomic mass is 16.6. The normalized spacial score (nSPS) is 20.9. The van der Waals surface area contributed by atoms with E-state index in [-0.39, 0.29) is 0 Å². The Morgan fingerprint density at radius 2 is 1.21 bits per heavy atom. The molecule has 0 bridgehead atoms. The molecule has 2 heterocycles. The predicted molar refractivity (Wildman–Crippen MR) is 97.5 cm³/mol. The SMILES string of the molecule is C(NCC1CO1)C1CO1.Cc1ccccc1Cc1ccccc1C. The van der Waals surface area contributed by atoms with Crippen molar-refractivity contribution in [3.63, 3.8) is 0 Å². The van der Waals surface area contributed by atoms with Crippen LogP contribution in [-0.2, 0) is 15.9 Å². The number of benzene rings is 2. The first-order valence-corrected chi connectivity index (χ1v) is 8.75. The summed E-state index contributed by atoms with van der Waals surface area (Å²) < 4.78 is 10.0. The summed E-state index contributed by atoms with van der Waals surface area (Å²) in [6, 6.07) is 17.2. The quantitative estimate of drug-likeness (QED) is 0.828. The van der Waals surface area contributed by atoms with Gasteiger partial charge in [-0.05, 0) is 42.5 Å². The van der Waals surface area contributed by atoms with Crippen molar-refractivity contribution in [1.29, 1.82) is 0 Å². The van der Waals surface area contributed by atoms with Gasteiger partial charge in [-0.15, -0.1) is 0 Å². The number of ether oxygens (including phenoxy) is 2. The van der Waals surface area contributed by atoms with Crippen molar-refractivity contribution in [2.24, 2.45) is 0 Å². The molecule has 0 radical (unpaired) electrons. The zero-order chi connectivity index (χ0) is 16.8. The Morgan fingerprint density at radius 1 is 0.792 bits per heavy atom. The van der Waals surface area contributed by atoms with Crippen molar-refractivity contribution in [3.8, 4) is 0 Å². The van der Waals surface area contributed by atoms with E-state index in [2.05, 4.69) is 67.7 Å². The lowest BCUT2D eigenvalue weighted by Gasteiger charge is -2.07. The fourth-order valence-corrected chi connectivity index (χ4v) is 2.60. The maximum absolute atomic E-state index is 5.01. The van der Waals surface area contributed by atoms with E-state index in [1.165, 1.54) is 22.3 Å². The van der Waals surface area contributed by atoms with Gasteiger partial charge < -0.3 is 14.8 Å². The fourth-order valence-electron chi connectivity index (χ4n) is 2.60. The molecule has 0 saturated carbocycles. The molecule has 2 fully saturated rings. The average molecular weight is 325 g/mol. The van der Waals surface area contributed by atoms with Crippen LogP contribution in [0.15, 0.2) is 48.5 Å². The van der Waals surface area contributed by atoms with Crippen molar-refractivity contribution in [3.05, 3.63) is 70.8 Å². The Bertz CT molecular complexity index is 592. The van der Waals surface area contributed by atoms with Gasteiger partial charge in [-0.1, -0.05) is 48.5 Å².